The number of hydrogen-bond donors (Lipinski definition) is 2. The fourth-order valence-electron chi connectivity index (χ4n) is 3.38. The zero-order valence-corrected chi connectivity index (χ0v) is 13.7. The number of nitrogens with zero attached hydrogens (tertiary/aromatic N) is 2. The Kier molecular flexibility index (Phi) is 3.80. The number of phenols is 1. The van der Waals surface area contributed by atoms with Crippen molar-refractivity contribution in [3.8, 4) is 5.75 Å². The van der Waals surface area contributed by atoms with Crippen LogP contribution in [0.5, 0.6) is 5.75 Å². The quantitative estimate of drug-likeness (QED) is 0.877. The molecule has 0 saturated carbocycles. The van der Waals surface area contributed by atoms with Gasteiger partial charge in [-0.15, -0.1) is 0 Å². The second-order valence-corrected chi connectivity index (χ2v) is 6.39. The molecule has 128 valence electrons. The van der Waals surface area contributed by atoms with E-state index in [2.05, 4.69) is 10.2 Å². The van der Waals surface area contributed by atoms with Crippen LogP contribution >= 0.6 is 0 Å². The van der Waals surface area contributed by atoms with E-state index in [1.807, 2.05) is 23.1 Å². The van der Waals surface area contributed by atoms with Crippen LogP contribution in [-0.4, -0.2) is 48.0 Å². The number of carbonyl (C=O) groups is 2. The van der Waals surface area contributed by atoms with Gasteiger partial charge in [0.05, 0.1) is 6.42 Å². The topological polar surface area (TPSA) is 72.9 Å². The standard InChI is InChI=1S/C19H19N3O3/c23-16-4-2-15(3-5-16)21-7-9-22(10-8-21)19(25)13-1-6-17-14(11-13)12-18(24)20-17/h1-6,11,23H,7-10,12H2,(H,20,24). The number of piperazine rings is 1. The van der Waals surface area contributed by atoms with Gasteiger partial charge in [0.1, 0.15) is 5.75 Å². The number of anilines is 2. The van der Waals surface area contributed by atoms with Gasteiger partial charge in [-0.25, -0.2) is 0 Å². The van der Waals surface area contributed by atoms with Gasteiger partial charge in [0.2, 0.25) is 5.91 Å². The first-order valence-corrected chi connectivity index (χ1v) is 8.36. The maximum absolute atomic E-state index is 12.7. The van der Waals surface area contributed by atoms with Crippen molar-refractivity contribution in [2.45, 2.75) is 6.42 Å². The second kappa shape index (κ2) is 6.12. The van der Waals surface area contributed by atoms with Crippen LogP contribution in [-0.2, 0) is 11.2 Å². The van der Waals surface area contributed by atoms with E-state index in [4.69, 9.17) is 0 Å². The first kappa shape index (κ1) is 15.5. The summed E-state index contributed by atoms with van der Waals surface area (Å²) < 4.78 is 0. The van der Waals surface area contributed by atoms with Crippen molar-refractivity contribution in [1.29, 1.82) is 0 Å². The molecule has 0 aromatic heterocycles. The highest BCUT2D eigenvalue weighted by Gasteiger charge is 2.24. The number of benzene rings is 2. The summed E-state index contributed by atoms with van der Waals surface area (Å²) in [5, 5.41) is 12.2. The molecule has 6 nitrogen and oxygen atoms in total. The predicted molar refractivity (Wildman–Crippen MR) is 95.0 cm³/mol. The third-order valence-corrected chi connectivity index (χ3v) is 4.76. The molecule has 1 fully saturated rings. The Morgan fingerprint density at radius 3 is 2.44 bits per heavy atom. The zero-order valence-electron chi connectivity index (χ0n) is 13.7. The van der Waals surface area contributed by atoms with Gasteiger partial charge in [-0.05, 0) is 48.0 Å². The highest BCUT2D eigenvalue weighted by atomic mass is 16.3. The lowest BCUT2D eigenvalue weighted by molar-refractivity contribution is -0.115. The molecule has 2 N–H and O–H groups in total. The molecule has 6 heteroatoms. The van der Waals surface area contributed by atoms with Crippen molar-refractivity contribution in [3.05, 3.63) is 53.6 Å². The summed E-state index contributed by atoms with van der Waals surface area (Å²) >= 11 is 0. The highest BCUT2D eigenvalue weighted by molar-refractivity contribution is 6.01. The smallest absolute Gasteiger partial charge is 0.253 e. The lowest BCUT2D eigenvalue weighted by Crippen LogP contribution is -2.48. The molecule has 0 radical (unpaired) electrons. The molecule has 2 aromatic carbocycles. The molecule has 0 spiro atoms. The van der Waals surface area contributed by atoms with E-state index in [0.717, 1.165) is 30.0 Å². The molecule has 0 aliphatic carbocycles. The van der Waals surface area contributed by atoms with E-state index in [1.54, 1.807) is 24.3 Å². The lowest BCUT2D eigenvalue weighted by Gasteiger charge is -2.36. The summed E-state index contributed by atoms with van der Waals surface area (Å²) in [6.07, 6.45) is 0.338. The minimum absolute atomic E-state index is 0.00695. The largest absolute Gasteiger partial charge is 0.508 e. The molecule has 0 unspecified atom stereocenters. The Bertz CT molecular complexity index is 824. The second-order valence-electron chi connectivity index (χ2n) is 6.39. The lowest BCUT2D eigenvalue weighted by atomic mass is 10.1. The molecule has 2 amide bonds. The Morgan fingerprint density at radius 2 is 1.72 bits per heavy atom. The van der Waals surface area contributed by atoms with Crippen LogP contribution in [0.15, 0.2) is 42.5 Å². The van der Waals surface area contributed by atoms with Crippen molar-refractivity contribution in [2.75, 3.05) is 36.4 Å². The summed E-state index contributed by atoms with van der Waals surface area (Å²) in [4.78, 5) is 28.2. The van der Waals surface area contributed by atoms with Gasteiger partial charge in [-0.1, -0.05) is 0 Å². The Morgan fingerprint density at radius 1 is 1.00 bits per heavy atom. The normalized spacial score (nSPS) is 16.6. The number of carbonyl (C=O) groups excluding carboxylic acids is 2. The number of hydrogen-bond acceptors (Lipinski definition) is 4. The molecule has 1 saturated heterocycles. The van der Waals surface area contributed by atoms with Gasteiger partial charge in [0.25, 0.3) is 5.91 Å². The van der Waals surface area contributed by atoms with E-state index in [1.165, 1.54) is 0 Å². The van der Waals surface area contributed by atoms with Crippen LogP contribution in [0.3, 0.4) is 0 Å². The summed E-state index contributed by atoms with van der Waals surface area (Å²) in [5.74, 6) is 0.233. The zero-order chi connectivity index (χ0) is 17.4. The minimum Gasteiger partial charge on any atom is -0.508 e. The van der Waals surface area contributed by atoms with Crippen LogP contribution in [0.2, 0.25) is 0 Å². The van der Waals surface area contributed by atoms with Crippen LogP contribution in [0.4, 0.5) is 11.4 Å². The average Bonchev–Trinajstić information content (AvgIpc) is 3.01. The van der Waals surface area contributed by atoms with Crippen molar-refractivity contribution >= 4 is 23.2 Å². The molecule has 0 atom stereocenters. The van der Waals surface area contributed by atoms with E-state index in [0.29, 0.717) is 25.1 Å². The third-order valence-electron chi connectivity index (χ3n) is 4.76. The van der Waals surface area contributed by atoms with Crippen molar-refractivity contribution in [3.63, 3.8) is 0 Å². The molecular formula is C19H19N3O3. The summed E-state index contributed by atoms with van der Waals surface area (Å²) in [6.45, 7) is 2.80. The molecule has 25 heavy (non-hydrogen) atoms. The fraction of sp³-hybridized carbons (Fsp3) is 0.263. The maximum Gasteiger partial charge on any atom is 0.253 e. The van der Waals surface area contributed by atoms with Gasteiger partial charge >= 0.3 is 0 Å². The van der Waals surface area contributed by atoms with Crippen molar-refractivity contribution < 1.29 is 14.7 Å². The Hall–Kier alpha value is -3.02. The minimum atomic E-state index is -0.0258. The average molecular weight is 337 g/mol. The molecular weight excluding hydrogens is 318 g/mol. The van der Waals surface area contributed by atoms with E-state index < -0.39 is 0 Å². The van der Waals surface area contributed by atoms with Crippen LogP contribution < -0.4 is 10.2 Å². The summed E-state index contributed by atoms with van der Waals surface area (Å²) in [5.41, 5.74) is 3.37. The molecule has 2 aliphatic heterocycles. The van der Waals surface area contributed by atoms with Crippen LogP contribution in [0.1, 0.15) is 15.9 Å². The molecule has 4 rings (SSSR count). The number of phenolic OH excluding ortho intramolecular Hbond substituents is 1. The van der Waals surface area contributed by atoms with Crippen LogP contribution in [0, 0.1) is 0 Å². The Labute approximate surface area is 145 Å². The number of rotatable bonds is 2. The number of nitrogens with one attached hydrogen (secondary N) is 1. The Balaban J connectivity index is 1.42. The maximum atomic E-state index is 12.7. The molecule has 2 aromatic rings. The van der Waals surface area contributed by atoms with E-state index >= 15 is 0 Å². The monoisotopic (exact) mass is 337 g/mol. The van der Waals surface area contributed by atoms with Crippen molar-refractivity contribution in [2.24, 2.45) is 0 Å². The van der Waals surface area contributed by atoms with Crippen molar-refractivity contribution in [1.82, 2.24) is 4.90 Å². The predicted octanol–water partition coefficient (Wildman–Crippen LogP) is 1.85. The van der Waals surface area contributed by atoms with Crippen LogP contribution in [0.25, 0.3) is 0 Å². The third kappa shape index (κ3) is 3.03. The SMILES string of the molecule is O=C1Cc2cc(C(=O)N3CCN(c4ccc(O)cc4)CC3)ccc2N1. The first-order valence-electron chi connectivity index (χ1n) is 8.36. The van der Waals surface area contributed by atoms with Gasteiger partial charge < -0.3 is 20.2 Å². The van der Waals surface area contributed by atoms with Gasteiger partial charge in [0, 0.05) is 43.1 Å². The number of amides is 2. The highest BCUT2D eigenvalue weighted by Crippen LogP contribution is 2.25. The fourth-order valence-corrected chi connectivity index (χ4v) is 3.38. The summed E-state index contributed by atoms with van der Waals surface area (Å²) in [7, 11) is 0. The van der Waals surface area contributed by atoms with E-state index in [9.17, 15) is 14.7 Å². The van der Waals surface area contributed by atoms with Gasteiger partial charge in [-0.3, -0.25) is 9.59 Å². The molecule has 2 heterocycles. The van der Waals surface area contributed by atoms with Gasteiger partial charge in [0.15, 0.2) is 0 Å². The molecule has 0 bridgehead atoms. The molecule has 2 aliphatic rings. The van der Waals surface area contributed by atoms with E-state index in [-0.39, 0.29) is 17.6 Å². The van der Waals surface area contributed by atoms with Gasteiger partial charge in [-0.2, -0.15) is 0 Å². The summed E-state index contributed by atoms with van der Waals surface area (Å²) in [6, 6.07) is 12.5. The first-order chi connectivity index (χ1) is 12.1. The number of fused-ring (bicyclic) bond motifs is 1. The number of aromatic hydroxyl groups is 1.